The molecule has 0 atom stereocenters. The summed E-state index contributed by atoms with van der Waals surface area (Å²) in [4.78, 5) is 5.42. The Hall–Kier alpha value is -1.29. The number of aryl methyl sites for hydroxylation is 1. The lowest BCUT2D eigenvalue weighted by molar-refractivity contribution is 0.305. The summed E-state index contributed by atoms with van der Waals surface area (Å²) < 4.78 is 1.76. The molecule has 0 amide bonds. The molecular formula is C12H13N3OS2. The molecule has 94 valence electrons. The number of rotatable bonds is 4. The molecule has 0 aliphatic carbocycles. The fraction of sp³-hybridized carbons (Fsp3) is 0.333. The summed E-state index contributed by atoms with van der Waals surface area (Å²) in [5.74, 6) is 6.82. The van der Waals surface area contributed by atoms with Gasteiger partial charge >= 0.3 is 0 Å². The summed E-state index contributed by atoms with van der Waals surface area (Å²) in [7, 11) is 1.88. The van der Waals surface area contributed by atoms with E-state index in [4.69, 9.17) is 5.11 Å². The molecule has 2 heterocycles. The first-order valence-corrected chi connectivity index (χ1v) is 7.30. The Labute approximate surface area is 114 Å². The number of aliphatic hydroxyl groups excluding tert-OH is 1. The van der Waals surface area contributed by atoms with Crippen molar-refractivity contribution >= 4 is 23.1 Å². The van der Waals surface area contributed by atoms with Crippen molar-refractivity contribution in [2.24, 2.45) is 7.05 Å². The number of thiophene rings is 1. The average Bonchev–Trinajstić information content (AvgIpc) is 2.96. The minimum Gasteiger partial charge on any atom is -0.395 e. The van der Waals surface area contributed by atoms with Gasteiger partial charge in [-0.25, -0.2) is 9.67 Å². The smallest absolute Gasteiger partial charge is 0.186 e. The first-order chi connectivity index (χ1) is 8.79. The van der Waals surface area contributed by atoms with Gasteiger partial charge in [-0.3, -0.25) is 0 Å². The summed E-state index contributed by atoms with van der Waals surface area (Å²) >= 11 is 3.35. The zero-order chi connectivity index (χ0) is 12.8. The van der Waals surface area contributed by atoms with Crippen molar-refractivity contribution in [3.63, 3.8) is 0 Å². The van der Waals surface area contributed by atoms with Crippen molar-refractivity contribution in [3.05, 3.63) is 28.2 Å². The van der Waals surface area contributed by atoms with Crippen LogP contribution in [0, 0.1) is 11.8 Å². The van der Waals surface area contributed by atoms with Gasteiger partial charge in [0.1, 0.15) is 6.33 Å². The number of aromatic nitrogens is 3. The molecule has 2 aromatic rings. The number of nitrogens with zero attached hydrogens (tertiary/aromatic N) is 3. The molecule has 0 saturated carbocycles. The molecule has 0 saturated heterocycles. The normalized spacial score (nSPS) is 10.1. The Morgan fingerprint density at radius 1 is 1.56 bits per heavy atom. The molecule has 2 rings (SSSR count). The summed E-state index contributed by atoms with van der Waals surface area (Å²) in [6.45, 7) is 0.117. The van der Waals surface area contributed by atoms with Crippen molar-refractivity contribution in [2.75, 3.05) is 6.61 Å². The molecule has 1 N–H and O–H groups in total. The van der Waals surface area contributed by atoms with E-state index in [1.165, 1.54) is 4.88 Å². The molecular weight excluding hydrogens is 266 g/mol. The highest BCUT2D eigenvalue weighted by molar-refractivity contribution is 7.98. The lowest BCUT2D eigenvalue weighted by atomic mass is 10.3. The second-order valence-electron chi connectivity index (χ2n) is 3.53. The second kappa shape index (κ2) is 6.59. The van der Waals surface area contributed by atoms with E-state index in [2.05, 4.69) is 28.0 Å². The van der Waals surface area contributed by atoms with Gasteiger partial charge in [-0.2, -0.15) is 5.10 Å². The van der Waals surface area contributed by atoms with E-state index in [1.807, 2.05) is 12.4 Å². The van der Waals surface area contributed by atoms with Crippen molar-refractivity contribution < 1.29 is 5.11 Å². The Kier molecular flexibility index (Phi) is 4.81. The van der Waals surface area contributed by atoms with Crippen LogP contribution in [0.4, 0.5) is 0 Å². The molecule has 18 heavy (non-hydrogen) atoms. The minimum absolute atomic E-state index is 0.117. The second-order valence-corrected chi connectivity index (χ2v) is 5.47. The van der Waals surface area contributed by atoms with E-state index in [1.54, 1.807) is 34.1 Å². The number of aliphatic hydroxyl groups is 1. The van der Waals surface area contributed by atoms with E-state index in [0.717, 1.165) is 16.5 Å². The van der Waals surface area contributed by atoms with Gasteiger partial charge in [0.05, 0.1) is 6.61 Å². The van der Waals surface area contributed by atoms with Crippen molar-refractivity contribution in [1.29, 1.82) is 0 Å². The molecule has 4 nitrogen and oxygen atoms in total. The quantitative estimate of drug-likeness (QED) is 0.686. The van der Waals surface area contributed by atoms with Crippen LogP contribution in [0.25, 0.3) is 0 Å². The molecule has 0 aliphatic heterocycles. The van der Waals surface area contributed by atoms with E-state index in [0.29, 0.717) is 6.42 Å². The average molecular weight is 279 g/mol. The third-order valence-corrected chi connectivity index (χ3v) is 4.34. The highest BCUT2D eigenvalue weighted by Crippen LogP contribution is 2.24. The molecule has 0 bridgehead atoms. The monoisotopic (exact) mass is 279 g/mol. The van der Waals surface area contributed by atoms with Gasteiger partial charge in [0.2, 0.25) is 0 Å². The largest absolute Gasteiger partial charge is 0.395 e. The van der Waals surface area contributed by atoms with E-state index in [-0.39, 0.29) is 6.61 Å². The first-order valence-electron chi connectivity index (χ1n) is 5.43. The van der Waals surface area contributed by atoms with Crippen LogP contribution in [0.15, 0.2) is 22.9 Å². The van der Waals surface area contributed by atoms with Crippen LogP contribution in [-0.2, 0) is 12.8 Å². The Morgan fingerprint density at radius 3 is 3.17 bits per heavy atom. The molecule has 0 fully saturated rings. The van der Waals surface area contributed by atoms with Gasteiger partial charge in [-0.1, -0.05) is 23.6 Å². The van der Waals surface area contributed by atoms with Gasteiger partial charge < -0.3 is 5.11 Å². The van der Waals surface area contributed by atoms with Crippen LogP contribution in [0.3, 0.4) is 0 Å². The fourth-order valence-electron chi connectivity index (χ4n) is 1.29. The lowest BCUT2D eigenvalue weighted by Gasteiger charge is -1.97. The Balaban J connectivity index is 1.91. The maximum Gasteiger partial charge on any atom is 0.186 e. The predicted molar refractivity (Wildman–Crippen MR) is 73.5 cm³/mol. The minimum atomic E-state index is 0.117. The number of hydrogen-bond donors (Lipinski definition) is 1. The molecule has 0 radical (unpaired) electrons. The van der Waals surface area contributed by atoms with Crippen molar-refractivity contribution in [1.82, 2.24) is 14.8 Å². The molecule has 6 heteroatoms. The highest BCUT2D eigenvalue weighted by atomic mass is 32.2. The summed E-state index contributed by atoms with van der Waals surface area (Å²) in [5, 5.41) is 15.6. The van der Waals surface area contributed by atoms with Crippen LogP contribution >= 0.6 is 23.1 Å². The summed E-state index contributed by atoms with van der Waals surface area (Å²) in [6, 6.07) is 2.08. The Morgan fingerprint density at radius 2 is 2.44 bits per heavy atom. The third kappa shape index (κ3) is 3.60. The van der Waals surface area contributed by atoms with Gasteiger partial charge in [-0.15, -0.1) is 11.3 Å². The van der Waals surface area contributed by atoms with E-state index in [9.17, 15) is 0 Å². The first kappa shape index (κ1) is 13.1. The topological polar surface area (TPSA) is 50.9 Å². The summed E-state index contributed by atoms with van der Waals surface area (Å²) in [5.41, 5.74) is 1.02. The van der Waals surface area contributed by atoms with Crippen LogP contribution in [0.2, 0.25) is 0 Å². The van der Waals surface area contributed by atoms with Crippen molar-refractivity contribution in [2.45, 2.75) is 17.3 Å². The summed E-state index contributed by atoms with van der Waals surface area (Å²) in [6.07, 6.45) is 2.08. The predicted octanol–water partition coefficient (Wildman–Crippen LogP) is 1.90. The standard InChI is InChI=1S/C12H13N3OS2/c1-15-12(13-9-14-15)18-8-11-6-10(7-17-11)4-2-3-5-16/h6-7,9,16H,3,5,8H2,1H3. The van der Waals surface area contributed by atoms with E-state index >= 15 is 0 Å². The number of hydrogen-bond acceptors (Lipinski definition) is 5. The molecule has 0 aromatic carbocycles. The number of thioether (sulfide) groups is 1. The highest BCUT2D eigenvalue weighted by Gasteiger charge is 2.03. The lowest BCUT2D eigenvalue weighted by Crippen LogP contribution is -1.92. The molecule has 2 aromatic heterocycles. The maximum atomic E-state index is 8.65. The van der Waals surface area contributed by atoms with Crippen LogP contribution < -0.4 is 0 Å². The van der Waals surface area contributed by atoms with Gasteiger partial charge in [0.25, 0.3) is 0 Å². The zero-order valence-electron chi connectivity index (χ0n) is 9.96. The van der Waals surface area contributed by atoms with Gasteiger partial charge in [-0.05, 0) is 6.07 Å². The molecule has 0 spiro atoms. The van der Waals surface area contributed by atoms with Crippen LogP contribution in [-0.4, -0.2) is 26.5 Å². The van der Waals surface area contributed by atoms with Gasteiger partial charge in [0, 0.05) is 35.0 Å². The van der Waals surface area contributed by atoms with E-state index < -0.39 is 0 Å². The van der Waals surface area contributed by atoms with Gasteiger partial charge in [0.15, 0.2) is 5.16 Å². The molecule has 0 aliphatic rings. The van der Waals surface area contributed by atoms with Crippen LogP contribution in [0.1, 0.15) is 16.9 Å². The Bertz CT molecular complexity index is 565. The van der Waals surface area contributed by atoms with Crippen LogP contribution in [0.5, 0.6) is 0 Å². The fourth-order valence-corrected chi connectivity index (χ4v) is 3.05. The maximum absolute atomic E-state index is 8.65. The SMILES string of the molecule is Cn1ncnc1SCc1cc(C#CCCO)cs1. The molecule has 0 unspecified atom stereocenters. The van der Waals surface area contributed by atoms with Crippen molar-refractivity contribution in [3.8, 4) is 11.8 Å². The zero-order valence-corrected chi connectivity index (χ0v) is 11.6. The third-order valence-electron chi connectivity index (χ3n) is 2.14.